The van der Waals surface area contributed by atoms with E-state index in [2.05, 4.69) is 0 Å². The van der Waals surface area contributed by atoms with Gasteiger partial charge in [-0.25, -0.2) is 4.79 Å². The Morgan fingerprint density at radius 3 is 2.12 bits per heavy atom. The highest BCUT2D eigenvalue weighted by atomic mass is 16.5. The standard InChI is InChI=1S/C26H26O7/c1-12(2)6-8-14-17(27)11-19-21(24(14)31-5)25-20(26(30)32-19)16-10-18(28)22(29)15(23(16)33-25)9-7-13(3)4/h6-7,10-11,27-29H,8-9H2,1-5H3. The summed E-state index contributed by atoms with van der Waals surface area (Å²) in [6.45, 7) is 7.74. The zero-order valence-electron chi connectivity index (χ0n) is 19.2. The molecule has 2 heterocycles. The van der Waals surface area contributed by atoms with Gasteiger partial charge in [-0.1, -0.05) is 23.3 Å². The fourth-order valence-corrected chi connectivity index (χ4v) is 3.98. The van der Waals surface area contributed by atoms with Crippen LogP contribution in [-0.4, -0.2) is 22.4 Å². The van der Waals surface area contributed by atoms with E-state index in [1.54, 1.807) is 0 Å². The number of phenols is 3. The van der Waals surface area contributed by atoms with Crippen LogP contribution in [0.5, 0.6) is 23.0 Å². The molecule has 172 valence electrons. The monoisotopic (exact) mass is 450 g/mol. The number of allylic oxidation sites excluding steroid dienone is 4. The van der Waals surface area contributed by atoms with E-state index in [1.807, 2.05) is 39.8 Å². The third-order valence-electron chi connectivity index (χ3n) is 5.62. The topological polar surface area (TPSA) is 113 Å². The van der Waals surface area contributed by atoms with Crippen LogP contribution < -0.4 is 10.4 Å². The van der Waals surface area contributed by atoms with Gasteiger partial charge >= 0.3 is 5.63 Å². The molecule has 0 fully saturated rings. The minimum absolute atomic E-state index is 0.0602. The van der Waals surface area contributed by atoms with Crippen molar-refractivity contribution in [3.63, 3.8) is 0 Å². The summed E-state index contributed by atoms with van der Waals surface area (Å²) in [7, 11) is 1.47. The number of phenolic OH excluding ortho intramolecular Hbond substituents is 3. The SMILES string of the molecule is COc1c(CC=C(C)C)c(O)cc2oc(=O)c3c4cc(O)c(O)c(CC=C(C)C)c4oc3c12. The molecule has 0 unspecified atom stereocenters. The van der Waals surface area contributed by atoms with Crippen LogP contribution in [0.4, 0.5) is 0 Å². The summed E-state index contributed by atoms with van der Waals surface area (Å²) < 4.78 is 17.4. The lowest BCUT2D eigenvalue weighted by Crippen LogP contribution is -2.01. The number of benzene rings is 2. The molecule has 0 aliphatic heterocycles. The van der Waals surface area contributed by atoms with Gasteiger partial charge < -0.3 is 28.9 Å². The molecule has 0 radical (unpaired) electrons. The smallest absolute Gasteiger partial charge is 0.348 e. The zero-order valence-corrected chi connectivity index (χ0v) is 19.2. The van der Waals surface area contributed by atoms with E-state index in [4.69, 9.17) is 13.6 Å². The lowest BCUT2D eigenvalue weighted by molar-refractivity contribution is 0.400. The minimum atomic E-state index is -0.687. The summed E-state index contributed by atoms with van der Waals surface area (Å²) in [5.41, 5.74) is 2.88. The fourth-order valence-electron chi connectivity index (χ4n) is 3.98. The van der Waals surface area contributed by atoms with Crippen LogP contribution in [0, 0.1) is 0 Å². The Kier molecular flexibility index (Phi) is 5.57. The van der Waals surface area contributed by atoms with E-state index in [9.17, 15) is 20.1 Å². The van der Waals surface area contributed by atoms with E-state index in [0.717, 1.165) is 11.1 Å². The number of aromatic hydroxyl groups is 3. The van der Waals surface area contributed by atoms with E-state index < -0.39 is 5.63 Å². The molecule has 4 rings (SSSR count). The van der Waals surface area contributed by atoms with Crippen LogP contribution in [0.1, 0.15) is 38.8 Å². The molecule has 0 saturated carbocycles. The quantitative estimate of drug-likeness (QED) is 0.199. The van der Waals surface area contributed by atoms with Crippen molar-refractivity contribution in [1.29, 1.82) is 0 Å². The van der Waals surface area contributed by atoms with Gasteiger partial charge in [-0.05, 0) is 46.6 Å². The summed E-state index contributed by atoms with van der Waals surface area (Å²) in [5, 5.41) is 32.3. The van der Waals surface area contributed by atoms with Crippen molar-refractivity contribution in [2.24, 2.45) is 0 Å². The molecule has 2 aromatic carbocycles. The summed E-state index contributed by atoms with van der Waals surface area (Å²) in [6.07, 6.45) is 4.54. The average Bonchev–Trinajstić information content (AvgIpc) is 3.11. The predicted octanol–water partition coefficient (Wildman–Crippen LogP) is 5.84. The van der Waals surface area contributed by atoms with Crippen LogP contribution in [-0.2, 0) is 12.8 Å². The van der Waals surface area contributed by atoms with E-state index in [0.29, 0.717) is 40.5 Å². The number of furan rings is 1. The molecule has 0 aliphatic rings. The first-order chi connectivity index (χ1) is 15.6. The van der Waals surface area contributed by atoms with Crippen LogP contribution >= 0.6 is 0 Å². The molecule has 4 aromatic rings. The molecular formula is C26H26O7. The van der Waals surface area contributed by atoms with Crippen molar-refractivity contribution < 1.29 is 28.9 Å². The van der Waals surface area contributed by atoms with E-state index >= 15 is 0 Å². The Morgan fingerprint density at radius 2 is 1.52 bits per heavy atom. The van der Waals surface area contributed by atoms with Crippen molar-refractivity contribution in [1.82, 2.24) is 0 Å². The second-order valence-electron chi connectivity index (χ2n) is 8.55. The summed E-state index contributed by atoms with van der Waals surface area (Å²) >= 11 is 0. The van der Waals surface area contributed by atoms with E-state index in [-0.39, 0.29) is 39.4 Å². The number of hydrogen-bond acceptors (Lipinski definition) is 7. The first-order valence-electron chi connectivity index (χ1n) is 10.6. The number of ether oxygens (including phenoxy) is 1. The van der Waals surface area contributed by atoms with Gasteiger partial charge in [0.05, 0.1) is 7.11 Å². The number of fused-ring (bicyclic) bond motifs is 5. The third kappa shape index (κ3) is 3.69. The van der Waals surface area contributed by atoms with Gasteiger partial charge in [0.15, 0.2) is 17.1 Å². The van der Waals surface area contributed by atoms with Gasteiger partial charge in [0.2, 0.25) is 0 Å². The Morgan fingerprint density at radius 1 is 0.879 bits per heavy atom. The first-order valence-corrected chi connectivity index (χ1v) is 10.6. The predicted molar refractivity (Wildman–Crippen MR) is 128 cm³/mol. The van der Waals surface area contributed by atoms with Crippen LogP contribution in [0.25, 0.3) is 32.9 Å². The second kappa shape index (κ2) is 8.24. The van der Waals surface area contributed by atoms with Crippen LogP contribution in [0.3, 0.4) is 0 Å². The molecule has 3 N–H and O–H groups in total. The van der Waals surface area contributed by atoms with E-state index in [1.165, 1.54) is 19.2 Å². The molecule has 0 aliphatic carbocycles. The molecule has 0 bridgehead atoms. The Labute approximate surface area is 189 Å². The summed E-state index contributed by atoms with van der Waals surface area (Å²) in [5.74, 6) is -0.394. The normalized spacial score (nSPS) is 11.3. The Bertz CT molecular complexity index is 1520. The highest BCUT2D eigenvalue weighted by Gasteiger charge is 2.25. The zero-order chi connectivity index (χ0) is 24.0. The Balaban J connectivity index is 2.18. The van der Waals surface area contributed by atoms with Crippen LogP contribution in [0.15, 0.2) is 49.1 Å². The lowest BCUT2D eigenvalue weighted by atomic mass is 10.0. The largest absolute Gasteiger partial charge is 0.507 e. The second-order valence-corrected chi connectivity index (χ2v) is 8.55. The first kappa shape index (κ1) is 22.3. The van der Waals surface area contributed by atoms with Gasteiger partial charge in [-0.3, -0.25) is 0 Å². The summed E-state index contributed by atoms with van der Waals surface area (Å²) in [6, 6.07) is 2.67. The number of hydrogen-bond donors (Lipinski definition) is 3. The van der Waals surface area contributed by atoms with Gasteiger partial charge in [-0.15, -0.1) is 0 Å². The Hall–Kier alpha value is -3.87. The molecule has 33 heavy (non-hydrogen) atoms. The molecule has 0 saturated heterocycles. The highest BCUT2D eigenvalue weighted by molar-refractivity contribution is 6.16. The fraction of sp³-hybridized carbons (Fsp3) is 0.269. The molecule has 0 amide bonds. The molecule has 0 spiro atoms. The lowest BCUT2D eigenvalue weighted by Gasteiger charge is -2.12. The van der Waals surface area contributed by atoms with Gasteiger partial charge in [-0.2, -0.15) is 0 Å². The van der Waals surface area contributed by atoms with Gasteiger partial charge in [0.1, 0.15) is 33.4 Å². The minimum Gasteiger partial charge on any atom is -0.507 e. The van der Waals surface area contributed by atoms with Crippen LogP contribution in [0.2, 0.25) is 0 Å². The average molecular weight is 450 g/mol. The molecule has 0 atom stereocenters. The maximum atomic E-state index is 12.9. The maximum absolute atomic E-state index is 12.9. The highest BCUT2D eigenvalue weighted by Crippen LogP contribution is 2.45. The number of rotatable bonds is 5. The maximum Gasteiger partial charge on any atom is 0.348 e. The summed E-state index contributed by atoms with van der Waals surface area (Å²) in [4.78, 5) is 12.9. The van der Waals surface area contributed by atoms with Crippen molar-refractivity contribution in [2.45, 2.75) is 40.5 Å². The van der Waals surface area contributed by atoms with Crippen molar-refractivity contribution in [3.8, 4) is 23.0 Å². The van der Waals surface area contributed by atoms with Gasteiger partial charge in [0, 0.05) is 22.6 Å². The van der Waals surface area contributed by atoms with Crippen molar-refractivity contribution in [2.75, 3.05) is 7.11 Å². The van der Waals surface area contributed by atoms with Crippen molar-refractivity contribution in [3.05, 3.63) is 57.0 Å². The van der Waals surface area contributed by atoms with Crippen molar-refractivity contribution >= 4 is 32.9 Å². The third-order valence-corrected chi connectivity index (χ3v) is 5.62. The molecular weight excluding hydrogens is 424 g/mol. The number of methoxy groups -OCH3 is 1. The van der Waals surface area contributed by atoms with Gasteiger partial charge in [0.25, 0.3) is 0 Å². The molecule has 7 nitrogen and oxygen atoms in total. The molecule has 2 aromatic heterocycles. The molecule has 7 heteroatoms.